The second kappa shape index (κ2) is 8.41. The van der Waals surface area contributed by atoms with Crippen LogP contribution in [0.25, 0.3) is 5.00 Å². The van der Waals surface area contributed by atoms with E-state index in [-0.39, 0.29) is 25.0 Å². The molecule has 2 N–H and O–H groups in total. The van der Waals surface area contributed by atoms with Crippen molar-refractivity contribution < 1.29 is 19.1 Å². The summed E-state index contributed by atoms with van der Waals surface area (Å²) in [7, 11) is 0. The first-order valence-electron chi connectivity index (χ1n) is 9.70. The molecule has 0 radical (unpaired) electrons. The molecular formula is C21H27N3O4S. The van der Waals surface area contributed by atoms with Gasteiger partial charge in [0.25, 0.3) is 5.91 Å². The number of nitrogens with zero attached hydrogens (tertiary/aromatic N) is 2. The number of piperidine rings is 1. The zero-order valence-corrected chi connectivity index (χ0v) is 18.1. The Morgan fingerprint density at radius 1 is 1.17 bits per heavy atom. The zero-order chi connectivity index (χ0) is 21.3. The first kappa shape index (κ1) is 21.1. The first-order valence-corrected chi connectivity index (χ1v) is 10.5. The number of amides is 2. The average molecular weight is 418 g/mol. The minimum atomic E-state index is -0.508. The van der Waals surface area contributed by atoms with Gasteiger partial charge in [0.2, 0.25) is 5.91 Å². The maximum atomic E-state index is 12.9. The molecule has 7 nitrogen and oxygen atoms in total. The van der Waals surface area contributed by atoms with Gasteiger partial charge in [-0.2, -0.15) is 0 Å². The third-order valence-electron chi connectivity index (χ3n) is 5.55. The highest BCUT2D eigenvalue weighted by atomic mass is 32.1. The third kappa shape index (κ3) is 4.22. The molecule has 1 fully saturated rings. The SMILES string of the molecule is Cc1sc(-n2c(C)ccc2C)c(C(=O)OCC(=O)N2CCC[C@@H](C(N)=O)C2)c1C. The zero-order valence-electron chi connectivity index (χ0n) is 17.3. The summed E-state index contributed by atoms with van der Waals surface area (Å²) in [5.74, 6) is -1.54. The molecule has 1 atom stereocenters. The first-order chi connectivity index (χ1) is 13.7. The number of primary amides is 1. The van der Waals surface area contributed by atoms with Gasteiger partial charge in [-0.15, -0.1) is 11.3 Å². The highest BCUT2D eigenvalue weighted by molar-refractivity contribution is 7.15. The number of carbonyl (C=O) groups is 3. The molecule has 156 valence electrons. The van der Waals surface area contributed by atoms with E-state index in [4.69, 9.17) is 10.5 Å². The van der Waals surface area contributed by atoms with E-state index in [2.05, 4.69) is 0 Å². The highest BCUT2D eigenvalue weighted by Crippen LogP contribution is 2.33. The molecule has 0 bridgehead atoms. The number of nitrogens with two attached hydrogens (primary N) is 1. The number of aromatic nitrogens is 1. The van der Waals surface area contributed by atoms with Gasteiger partial charge in [0.05, 0.1) is 11.5 Å². The number of rotatable bonds is 5. The van der Waals surface area contributed by atoms with Crippen molar-refractivity contribution in [3.8, 4) is 5.00 Å². The van der Waals surface area contributed by atoms with Gasteiger partial charge in [0, 0.05) is 29.4 Å². The summed E-state index contributed by atoms with van der Waals surface area (Å²) in [6.07, 6.45) is 1.40. The fraction of sp³-hybridized carbons (Fsp3) is 0.476. The molecule has 1 saturated heterocycles. The number of likely N-dealkylation sites (tertiary alicyclic amines) is 1. The summed E-state index contributed by atoms with van der Waals surface area (Å²) in [4.78, 5) is 39.4. The predicted octanol–water partition coefficient (Wildman–Crippen LogP) is 2.65. The van der Waals surface area contributed by atoms with E-state index >= 15 is 0 Å². The standard InChI is InChI=1S/C21H27N3O4S/c1-12-7-8-13(2)24(12)20-18(14(3)15(4)29-20)21(27)28-11-17(25)23-9-5-6-16(10-23)19(22)26/h7-8,16H,5-6,9-11H2,1-4H3,(H2,22,26)/t16-/m1/s1. The van der Waals surface area contributed by atoms with Crippen molar-refractivity contribution in [1.29, 1.82) is 0 Å². The van der Waals surface area contributed by atoms with Gasteiger partial charge in [-0.1, -0.05) is 0 Å². The molecule has 0 spiro atoms. The van der Waals surface area contributed by atoms with Crippen molar-refractivity contribution >= 4 is 29.1 Å². The summed E-state index contributed by atoms with van der Waals surface area (Å²) in [5.41, 5.74) is 8.78. The van der Waals surface area contributed by atoms with Crippen LogP contribution >= 0.6 is 11.3 Å². The molecule has 0 unspecified atom stereocenters. The van der Waals surface area contributed by atoms with E-state index in [1.165, 1.54) is 11.3 Å². The van der Waals surface area contributed by atoms with Gasteiger partial charge in [-0.05, 0) is 58.2 Å². The Balaban J connectivity index is 1.75. The van der Waals surface area contributed by atoms with Gasteiger partial charge in [-0.25, -0.2) is 4.79 Å². The van der Waals surface area contributed by atoms with Crippen molar-refractivity contribution in [3.63, 3.8) is 0 Å². The second-order valence-electron chi connectivity index (χ2n) is 7.57. The Kier molecular flexibility index (Phi) is 6.12. The van der Waals surface area contributed by atoms with E-state index in [0.717, 1.165) is 26.8 Å². The summed E-state index contributed by atoms with van der Waals surface area (Å²) >= 11 is 1.54. The molecule has 0 aliphatic carbocycles. The van der Waals surface area contributed by atoms with Crippen LogP contribution in [0.2, 0.25) is 0 Å². The van der Waals surface area contributed by atoms with Gasteiger partial charge < -0.3 is 19.9 Å². The van der Waals surface area contributed by atoms with Gasteiger partial charge in [0.1, 0.15) is 5.00 Å². The molecule has 0 aromatic carbocycles. The van der Waals surface area contributed by atoms with Gasteiger partial charge >= 0.3 is 5.97 Å². The van der Waals surface area contributed by atoms with Crippen LogP contribution in [0.1, 0.15) is 45.0 Å². The van der Waals surface area contributed by atoms with Crippen molar-refractivity contribution in [2.75, 3.05) is 19.7 Å². The van der Waals surface area contributed by atoms with Crippen LogP contribution < -0.4 is 5.73 Å². The van der Waals surface area contributed by atoms with Crippen molar-refractivity contribution in [3.05, 3.63) is 39.5 Å². The lowest BCUT2D eigenvalue weighted by Gasteiger charge is -2.31. The number of aryl methyl sites for hydroxylation is 3. The number of hydrogen-bond donors (Lipinski definition) is 1. The molecule has 2 amide bonds. The Morgan fingerprint density at radius 3 is 2.45 bits per heavy atom. The van der Waals surface area contributed by atoms with Gasteiger partial charge in [0.15, 0.2) is 6.61 Å². The van der Waals surface area contributed by atoms with E-state index in [0.29, 0.717) is 24.9 Å². The number of ether oxygens (including phenoxy) is 1. The molecule has 2 aromatic rings. The Bertz CT molecular complexity index is 940. The molecule has 1 aliphatic heterocycles. The lowest BCUT2D eigenvalue weighted by Crippen LogP contribution is -2.45. The number of esters is 1. The molecule has 8 heteroatoms. The van der Waals surface area contributed by atoms with E-state index in [9.17, 15) is 14.4 Å². The van der Waals surface area contributed by atoms with Gasteiger partial charge in [-0.3, -0.25) is 9.59 Å². The second-order valence-corrected chi connectivity index (χ2v) is 8.78. The summed E-state index contributed by atoms with van der Waals surface area (Å²) < 4.78 is 7.43. The Morgan fingerprint density at radius 2 is 1.83 bits per heavy atom. The topological polar surface area (TPSA) is 94.6 Å². The normalized spacial score (nSPS) is 16.7. The fourth-order valence-corrected chi connectivity index (χ4v) is 4.99. The largest absolute Gasteiger partial charge is 0.452 e. The summed E-state index contributed by atoms with van der Waals surface area (Å²) in [6, 6.07) is 4.01. The lowest BCUT2D eigenvalue weighted by molar-refractivity contribution is -0.137. The lowest BCUT2D eigenvalue weighted by atomic mass is 9.97. The smallest absolute Gasteiger partial charge is 0.341 e. The van der Waals surface area contributed by atoms with Crippen LogP contribution in [0, 0.1) is 33.6 Å². The molecule has 1 aliphatic rings. The maximum Gasteiger partial charge on any atom is 0.341 e. The number of hydrogen-bond acceptors (Lipinski definition) is 5. The highest BCUT2D eigenvalue weighted by Gasteiger charge is 2.29. The molecule has 3 heterocycles. The fourth-order valence-electron chi connectivity index (χ4n) is 3.72. The van der Waals surface area contributed by atoms with Crippen molar-refractivity contribution in [2.24, 2.45) is 11.7 Å². The molecule has 0 saturated carbocycles. The third-order valence-corrected chi connectivity index (χ3v) is 6.74. The van der Waals surface area contributed by atoms with Crippen LogP contribution in [0.3, 0.4) is 0 Å². The average Bonchev–Trinajstić information content (AvgIpc) is 3.17. The van der Waals surface area contributed by atoms with Crippen LogP contribution in [-0.2, 0) is 14.3 Å². The molecule has 29 heavy (non-hydrogen) atoms. The summed E-state index contributed by atoms with van der Waals surface area (Å²) in [6.45, 7) is 8.32. The van der Waals surface area contributed by atoms with Crippen LogP contribution in [0.4, 0.5) is 0 Å². The maximum absolute atomic E-state index is 12.9. The predicted molar refractivity (Wildman–Crippen MR) is 111 cm³/mol. The van der Waals surface area contributed by atoms with Crippen LogP contribution in [-0.4, -0.2) is 46.9 Å². The summed E-state index contributed by atoms with van der Waals surface area (Å²) in [5, 5.41) is 0.809. The quantitative estimate of drug-likeness (QED) is 0.757. The monoisotopic (exact) mass is 417 g/mol. The van der Waals surface area contributed by atoms with E-state index < -0.39 is 11.9 Å². The number of thiophene rings is 1. The Hall–Kier alpha value is -2.61. The minimum absolute atomic E-state index is 0.287. The van der Waals surface area contributed by atoms with Crippen LogP contribution in [0.5, 0.6) is 0 Å². The van der Waals surface area contributed by atoms with E-state index in [1.54, 1.807) is 4.90 Å². The molecule has 2 aromatic heterocycles. The van der Waals surface area contributed by atoms with E-state index in [1.807, 2.05) is 44.4 Å². The number of carbonyl (C=O) groups excluding carboxylic acids is 3. The van der Waals surface area contributed by atoms with Crippen molar-refractivity contribution in [2.45, 2.75) is 40.5 Å². The van der Waals surface area contributed by atoms with Crippen molar-refractivity contribution in [1.82, 2.24) is 9.47 Å². The molecular weight excluding hydrogens is 390 g/mol. The minimum Gasteiger partial charge on any atom is -0.452 e. The molecule has 3 rings (SSSR count). The van der Waals surface area contributed by atoms with Crippen LogP contribution in [0.15, 0.2) is 12.1 Å². The Labute approximate surface area is 174 Å².